The van der Waals surface area contributed by atoms with E-state index >= 15 is 0 Å². The summed E-state index contributed by atoms with van der Waals surface area (Å²) in [5.41, 5.74) is 0. The first kappa shape index (κ1) is 8.41. The van der Waals surface area contributed by atoms with Crippen molar-refractivity contribution in [1.82, 2.24) is 0 Å². The second-order valence-corrected chi connectivity index (χ2v) is 3.42. The van der Waals surface area contributed by atoms with Crippen molar-refractivity contribution in [3.63, 3.8) is 0 Å². The lowest BCUT2D eigenvalue weighted by Gasteiger charge is -2.26. The lowest BCUT2D eigenvalue weighted by Crippen LogP contribution is -2.34. The number of fused-ring (bicyclic) bond motifs is 1. The van der Waals surface area contributed by atoms with Gasteiger partial charge in [0.05, 0.1) is 12.3 Å². The van der Waals surface area contributed by atoms with Crippen LogP contribution in [0.5, 0.6) is 0 Å². The number of Topliss-reactive ketones (excluding diaryl/α,β-unsaturated/α-hetero) is 1. The van der Waals surface area contributed by atoms with Crippen molar-refractivity contribution >= 4 is 18.0 Å². The van der Waals surface area contributed by atoms with Gasteiger partial charge in [0.2, 0.25) is 0 Å². The molecule has 0 spiro atoms. The molecule has 0 aliphatic carbocycles. The van der Waals surface area contributed by atoms with Gasteiger partial charge in [0.25, 0.3) is 0 Å². The van der Waals surface area contributed by atoms with Gasteiger partial charge in [0, 0.05) is 12.8 Å². The number of rotatable bonds is 0. The molecule has 1 saturated heterocycles. The number of carbonyl (C=O) groups is 2. The fourth-order valence-corrected chi connectivity index (χ4v) is 1.71. The van der Waals surface area contributed by atoms with Crippen LogP contribution in [-0.4, -0.2) is 30.1 Å². The number of carbonyl (C=O) groups excluding carboxylic acids is 2. The highest BCUT2D eigenvalue weighted by molar-refractivity contribution is 6.27. The van der Waals surface area contributed by atoms with E-state index in [1.54, 1.807) is 0 Å². The molecule has 0 bridgehead atoms. The summed E-state index contributed by atoms with van der Waals surface area (Å²) >= 11 is 0. The third-order valence-corrected chi connectivity index (χ3v) is 2.44. The van der Waals surface area contributed by atoms with Crippen LogP contribution >= 0.6 is 0 Å². The van der Waals surface area contributed by atoms with Crippen LogP contribution in [0.1, 0.15) is 25.7 Å². The molecule has 70 valence electrons. The average Bonchev–Trinajstić information content (AvgIpc) is 2.29. The molecular formula is C9H11NO3. The third-order valence-electron chi connectivity index (χ3n) is 2.44. The summed E-state index contributed by atoms with van der Waals surface area (Å²) in [6.07, 6.45) is 3.42. The maximum Gasteiger partial charge on any atom is 0.306 e. The van der Waals surface area contributed by atoms with Gasteiger partial charge in [-0.15, -0.1) is 0 Å². The minimum Gasteiger partial charge on any atom is -0.460 e. The van der Waals surface area contributed by atoms with Gasteiger partial charge >= 0.3 is 5.97 Å². The predicted octanol–water partition coefficient (Wildman–Crippen LogP) is 0.494. The van der Waals surface area contributed by atoms with Crippen molar-refractivity contribution in [3.05, 3.63) is 0 Å². The minimum atomic E-state index is -0.163. The van der Waals surface area contributed by atoms with Gasteiger partial charge in [-0.1, -0.05) is 0 Å². The Labute approximate surface area is 76.0 Å². The highest BCUT2D eigenvalue weighted by Crippen LogP contribution is 2.23. The Bertz CT molecular complexity index is 272. The Hall–Kier alpha value is -1.19. The molecule has 2 aliphatic rings. The molecule has 0 aromatic heterocycles. The summed E-state index contributed by atoms with van der Waals surface area (Å²) in [7, 11) is 0. The van der Waals surface area contributed by atoms with Crippen LogP contribution in [0.3, 0.4) is 0 Å². The summed E-state index contributed by atoms with van der Waals surface area (Å²) in [5.74, 6) is -0.128. The highest BCUT2D eigenvalue weighted by atomic mass is 16.5. The van der Waals surface area contributed by atoms with Gasteiger partial charge in [-0.25, -0.2) is 0 Å². The maximum absolute atomic E-state index is 11.0. The maximum atomic E-state index is 11.0. The second-order valence-electron chi connectivity index (χ2n) is 3.42. The van der Waals surface area contributed by atoms with Gasteiger partial charge in [-0.2, -0.15) is 0 Å². The number of ketones is 1. The fourth-order valence-electron chi connectivity index (χ4n) is 1.71. The van der Waals surface area contributed by atoms with Gasteiger partial charge in [-0.05, 0) is 12.8 Å². The summed E-state index contributed by atoms with van der Waals surface area (Å²) in [6.45, 7) is 0. The van der Waals surface area contributed by atoms with Crippen LogP contribution in [0, 0.1) is 0 Å². The molecule has 2 aliphatic heterocycles. The van der Waals surface area contributed by atoms with Crippen molar-refractivity contribution in [1.29, 1.82) is 0 Å². The zero-order valence-electron chi connectivity index (χ0n) is 7.23. The number of esters is 1. The van der Waals surface area contributed by atoms with E-state index in [0.29, 0.717) is 25.7 Å². The minimum absolute atomic E-state index is 0.0177. The number of nitrogens with zero attached hydrogens (tertiary/aromatic N) is 1. The largest absolute Gasteiger partial charge is 0.460 e. The molecule has 4 heteroatoms. The van der Waals surface area contributed by atoms with Crippen LogP contribution in [0.25, 0.3) is 0 Å². The van der Waals surface area contributed by atoms with E-state index in [1.807, 2.05) is 0 Å². The van der Waals surface area contributed by atoms with E-state index in [9.17, 15) is 9.59 Å². The van der Waals surface area contributed by atoms with Crippen LogP contribution in [0.15, 0.2) is 4.99 Å². The Balaban J connectivity index is 2.11. The molecule has 2 unspecified atom stereocenters. The van der Waals surface area contributed by atoms with Crippen molar-refractivity contribution < 1.29 is 14.3 Å². The summed E-state index contributed by atoms with van der Waals surface area (Å²) in [5, 5.41) is 0. The first-order valence-electron chi connectivity index (χ1n) is 4.51. The lowest BCUT2D eigenvalue weighted by atomic mass is 9.99. The van der Waals surface area contributed by atoms with Gasteiger partial charge in [-0.3, -0.25) is 14.6 Å². The van der Waals surface area contributed by atoms with E-state index in [4.69, 9.17) is 4.74 Å². The standard InChI is InChI=1S/C9H11NO3/c11-6-1-3-8-7(10-5-6)2-4-9(12)13-8/h5,7-8H,1-4H2. The van der Waals surface area contributed by atoms with Gasteiger partial charge in [0.1, 0.15) is 6.10 Å². The number of hydrogen-bond acceptors (Lipinski definition) is 4. The molecule has 0 amide bonds. The molecule has 1 fully saturated rings. The van der Waals surface area contributed by atoms with Crippen LogP contribution in [-0.2, 0) is 14.3 Å². The zero-order valence-corrected chi connectivity index (χ0v) is 7.23. The molecule has 2 rings (SSSR count). The first-order chi connectivity index (χ1) is 6.25. The molecule has 0 N–H and O–H groups in total. The predicted molar refractivity (Wildman–Crippen MR) is 45.6 cm³/mol. The van der Waals surface area contributed by atoms with E-state index in [2.05, 4.69) is 4.99 Å². The smallest absolute Gasteiger partial charge is 0.306 e. The lowest BCUT2D eigenvalue weighted by molar-refractivity contribution is -0.155. The normalized spacial score (nSPS) is 33.5. The average molecular weight is 181 g/mol. The van der Waals surface area contributed by atoms with Gasteiger partial charge < -0.3 is 4.74 Å². The van der Waals surface area contributed by atoms with E-state index < -0.39 is 0 Å². The number of aliphatic imine (C=N–C) groups is 1. The van der Waals surface area contributed by atoms with Crippen LogP contribution in [0.2, 0.25) is 0 Å². The first-order valence-corrected chi connectivity index (χ1v) is 4.51. The van der Waals surface area contributed by atoms with Crippen molar-refractivity contribution in [3.8, 4) is 0 Å². The highest BCUT2D eigenvalue weighted by Gasteiger charge is 2.31. The van der Waals surface area contributed by atoms with E-state index in [0.717, 1.165) is 0 Å². The van der Waals surface area contributed by atoms with Crippen LogP contribution < -0.4 is 0 Å². The zero-order chi connectivity index (χ0) is 9.26. The molecule has 0 radical (unpaired) electrons. The van der Waals surface area contributed by atoms with Crippen molar-refractivity contribution in [2.75, 3.05) is 0 Å². The Morgan fingerprint density at radius 1 is 1.31 bits per heavy atom. The molecule has 4 nitrogen and oxygen atoms in total. The quantitative estimate of drug-likeness (QED) is 0.511. The SMILES string of the molecule is O=C1C=NC2CCC(=O)OC2CC1. The van der Waals surface area contributed by atoms with Crippen LogP contribution in [0.4, 0.5) is 0 Å². The molecule has 2 atom stereocenters. The summed E-state index contributed by atoms with van der Waals surface area (Å²) in [4.78, 5) is 26.1. The van der Waals surface area contributed by atoms with Gasteiger partial charge in [0.15, 0.2) is 5.78 Å². The monoisotopic (exact) mass is 181 g/mol. The third kappa shape index (κ3) is 1.76. The Morgan fingerprint density at radius 2 is 2.15 bits per heavy atom. The molecular weight excluding hydrogens is 170 g/mol. The summed E-state index contributed by atoms with van der Waals surface area (Å²) < 4.78 is 5.11. The van der Waals surface area contributed by atoms with E-state index in [-0.39, 0.29) is 23.9 Å². The van der Waals surface area contributed by atoms with Crippen molar-refractivity contribution in [2.45, 2.75) is 37.8 Å². The fraction of sp³-hybridized carbons (Fsp3) is 0.667. The second kappa shape index (κ2) is 3.28. The van der Waals surface area contributed by atoms with E-state index in [1.165, 1.54) is 6.21 Å². The molecule has 13 heavy (non-hydrogen) atoms. The molecule has 0 saturated carbocycles. The van der Waals surface area contributed by atoms with Crippen molar-refractivity contribution in [2.24, 2.45) is 4.99 Å². The summed E-state index contributed by atoms with van der Waals surface area (Å²) in [6, 6.07) is 0.0177. The Morgan fingerprint density at radius 3 is 3.00 bits per heavy atom. The number of ether oxygens (including phenoxy) is 1. The molecule has 0 aromatic carbocycles. The molecule has 2 heterocycles. The number of hydrogen-bond donors (Lipinski definition) is 0. The topological polar surface area (TPSA) is 55.7 Å². The Kier molecular flexibility index (Phi) is 2.12. The molecule has 0 aromatic rings.